The molecule has 3 rings (SSSR count). The van der Waals surface area contributed by atoms with Gasteiger partial charge >= 0.3 is 0 Å². The highest BCUT2D eigenvalue weighted by Gasteiger charge is 2.28. The Morgan fingerprint density at radius 1 is 1.36 bits per heavy atom. The van der Waals surface area contributed by atoms with Gasteiger partial charge in [0.25, 0.3) is 5.91 Å². The second kappa shape index (κ2) is 6.43. The Balaban J connectivity index is 1.63. The molecule has 1 aliphatic rings. The van der Waals surface area contributed by atoms with Crippen molar-refractivity contribution in [1.29, 1.82) is 0 Å². The van der Waals surface area contributed by atoms with E-state index in [-0.39, 0.29) is 12.0 Å². The van der Waals surface area contributed by atoms with Gasteiger partial charge in [0.05, 0.1) is 13.7 Å². The lowest BCUT2D eigenvalue weighted by atomic mass is 10.2. The molecule has 2 heterocycles. The Kier molecular flexibility index (Phi) is 4.18. The fourth-order valence-electron chi connectivity index (χ4n) is 2.47. The van der Waals surface area contributed by atoms with E-state index in [2.05, 4.69) is 9.97 Å². The highest BCUT2D eigenvalue weighted by Crippen LogP contribution is 2.20. The summed E-state index contributed by atoms with van der Waals surface area (Å²) in [6, 6.07) is 8.90. The van der Waals surface area contributed by atoms with Crippen LogP contribution in [-0.4, -0.2) is 47.1 Å². The van der Waals surface area contributed by atoms with E-state index in [0.29, 0.717) is 30.3 Å². The van der Waals surface area contributed by atoms with Gasteiger partial charge in [-0.25, -0.2) is 9.97 Å². The predicted octanol–water partition coefficient (Wildman–Crippen LogP) is 1.78. The number of carbonyl (C=O) groups is 1. The van der Waals surface area contributed by atoms with Gasteiger partial charge in [0.1, 0.15) is 18.2 Å². The Hall–Kier alpha value is -2.63. The zero-order chi connectivity index (χ0) is 15.4. The van der Waals surface area contributed by atoms with Crippen molar-refractivity contribution in [2.75, 3.05) is 20.2 Å². The van der Waals surface area contributed by atoms with Gasteiger partial charge in [-0.05, 0) is 18.2 Å². The number of nitrogens with zero attached hydrogens (tertiary/aromatic N) is 3. The van der Waals surface area contributed by atoms with Crippen LogP contribution in [-0.2, 0) is 0 Å². The van der Waals surface area contributed by atoms with E-state index in [1.807, 2.05) is 12.1 Å². The van der Waals surface area contributed by atoms with E-state index in [1.165, 1.54) is 6.33 Å². The third-order valence-electron chi connectivity index (χ3n) is 3.59. The summed E-state index contributed by atoms with van der Waals surface area (Å²) in [4.78, 5) is 22.2. The number of benzene rings is 1. The number of likely N-dealkylation sites (tertiary alicyclic amines) is 1. The number of hydrogen-bond acceptors (Lipinski definition) is 5. The molecule has 0 N–H and O–H groups in total. The maximum absolute atomic E-state index is 12.5. The van der Waals surface area contributed by atoms with Crippen LogP contribution < -0.4 is 9.47 Å². The lowest BCUT2D eigenvalue weighted by Gasteiger charge is -2.17. The first kappa shape index (κ1) is 14.3. The topological polar surface area (TPSA) is 64.5 Å². The quantitative estimate of drug-likeness (QED) is 0.861. The van der Waals surface area contributed by atoms with Crippen LogP contribution in [0.1, 0.15) is 16.8 Å². The van der Waals surface area contributed by atoms with Gasteiger partial charge in [0.2, 0.25) is 5.88 Å². The number of amides is 1. The SMILES string of the molecule is COc1cccc(C(=O)N2CC[C@@H](Oc3ccncn3)C2)c1. The third-order valence-corrected chi connectivity index (χ3v) is 3.59. The van der Waals surface area contributed by atoms with Gasteiger partial charge in [-0.2, -0.15) is 0 Å². The van der Waals surface area contributed by atoms with E-state index < -0.39 is 0 Å². The molecule has 6 heteroatoms. The summed E-state index contributed by atoms with van der Waals surface area (Å²) in [5, 5.41) is 0. The molecule has 0 bridgehead atoms. The first-order chi connectivity index (χ1) is 10.8. The van der Waals surface area contributed by atoms with Crippen LogP contribution in [0.2, 0.25) is 0 Å². The molecule has 1 saturated heterocycles. The molecular formula is C16H17N3O3. The summed E-state index contributed by atoms with van der Waals surface area (Å²) in [7, 11) is 1.59. The van der Waals surface area contributed by atoms with Gasteiger partial charge in [0, 0.05) is 30.8 Å². The highest BCUT2D eigenvalue weighted by molar-refractivity contribution is 5.94. The molecule has 0 spiro atoms. The summed E-state index contributed by atoms with van der Waals surface area (Å²) in [6.45, 7) is 1.23. The minimum Gasteiger partial charge on any atom is -0.497 e. The Labute approximate surface area is 128 Å². The number of ether oxygens (including phenoxy) is 2. The van der Waals surface area contributed by atoms with Gasteiger partial charge in [-0.1, -0.05) is 6.07 Å². The molecule has 0 radical (unpaired) electrons. The molecule has 1 aromatic heterocycles. The summed E-state index contributed by atoms with van der Waals surface area (Å²) in [5.74, 6) is 1.21. The van der Waals surface area contributed by atoms with Crippen LogP contribution in [0.5, 0.6) is 11.6 Å². The van der Waals surface area contributed by atoms with E-state index in [4.69, 9.17) is 9.47 Å². The summed E-state index contributed by atoms with van der Waals surface area (Å²) < 4.78 is 10.9. The van der Waals surface area contributed by atoms with Crippen molar-refractivity contribution >= 4 is 5.91 Å². The molecule has 0 unspecified atom stereocenters. The van der Waals surface area contributed by atoms with Crippen molar-refractivity contribution in [2.24, 2.45) is 0 Å². The van der Waals surface area contributed by atoms with Crippen molar-refractivity contribution in [3.05, 3.63) is 48.4 Å². The molecule has 1 atom stereocenters. The number of rotatable bonds is 4. The van der Waals surface area contributed by atoms with Crippen LogP contribution in [0, 0.1) is 0 Å². The second-order valence-electron chi connectivity index (χ2n) is 5.06. The second-order valence-corrected chi connectivity index (χ2v) is 5.06. The van der Waals surface area contributed by atoms with Gasteiger partial charge < -0.3 is 14.4 Å². The zero-order valence-electron chi connectivity index (χ0n) is 12.3. The van der Waals surface area contributed by atoms with Crippen molar-refractivity contribution in [3.63, 3.8) is 0 Å². The molecule has 114 valence electrons. The zero-order valence-corrected chi connectivity index (χ0v) is 12.3. The first-order valence-electron chi connectivity index (χ1n) is 7.12. The van der Waals surface area contributed by atoms with Crippen LogP contribution in [0.4, 0.5) is 0 Å². The molecular weight excluding hydrogens is 282 g/mol. The van der Waals surface area contributed by atoms with Crippen molar-refractivity contribution < 1.29 is 14.3 Å². The monoisotopic (exact) mass is 299 g/mol. The minimum atomic E-state index is -0.0375. The van der Waals surface area contributed by atoms with Crippen molar-refractivity contribution in [2.45, 2.75) is 12.5 Å². The average molecular weight is 299 g/mol. The third kappa shape index (κ3) is 3.16. The number of methoxy groups -OCH3 is 1. The Morgan fingerprint density at radius 2 is 2.27 bits per heavy atom. The van der Waals surface area contributed by atoms with Crippen LogP contribution >= 0.6 is 0 Å². The summed E-state index contributed by atoms with van der Waals surface area (Å²) in [6.07, 6.45) is 3.84. The number of aromatic nitrogens is 2. The standard InChI is InChI=1S/C16H17N3O3/c1-21-13-4-2-3-12(9-13)16(20)19-8-6-14(10-19)22-15-5-7-17-11-18-15/h2-5,7,9,11,14H,6,8,10H2,1H3/t14-/m1/s1. The predicted molar refractivity (Wildman–Crippen MR) is 80.0 cm³/mol. The largest absolute Gasteiger partial charge is 0.497 e. The average Bonchev–Trinajstić information content (AvgIpc) is 3.03. The maximum atomic E-state index is 12.5. The molecule has 6 nitrogen and oxygen atoms in total. The Morgan fingerprint density at radius 3 is 3.05 bits per heavy atom. The highest BCUT2D eigenvalue weighted by atomic mass is 16.5. The molecule has 22 heavy (non-hydrogen) atoms. The fraction of sp³-hybridized carbons (Fsp3) is 0.312. The fourth-order valence-corrected chi connectivity index (χ4v) is 2.47. The molecule has 1 fully saturated rings. The molecule has 1 aromatic carbocycles. The molecule has 1 aliphatic heterocycles. The number of hydrogen-bond donors (Lipinski definition) is 0. The van der Waals surface area contributed by atoms with E-state index in [1.54, 1.807) is 36.4 Å². The van der Waals surface area contributed by atoms with Crippen LogP contribution in [0.25, 0.3) is 0 Å². The minimum absolute atomic E-state index is 0.00677. The van der Waals surface area contributed by atoms with Crippen molar-refractivity contribution in [3.8, 4) is 11.6 Å². The Bertz CT molecular complexity index is 648. The van der Waals surface area contributed by atoms with Crippen molar-refractivity contribution in [1.82, 2.24) is 14.9 Å². The maximum Gasteiger partial charge on any atom is 0.254 e. The lowest BCUT2D eigenvalue weighted by molar-refractivity contribution is 0.0771. The molecule has 0 aliphatic carbocycles. The lowest BCUT2D eigenvalue weighted by Crippen LogP contribution is -2.31. The normalized spacial score (nSPS) is 17.3. The first-order valence-corrected chi connectivity index (χ1v) is 7.12. The molecule has 0 saturated carbocycles. The van der Waals surface area contributed by atoms with Gasteiger partial charge in [-0.3, -0.25) is 4.79 Å². The number of carbonyl (C=O) groups excluding carboxylic acids is 1. The van der Waals surface area contributed by atoms with E-state index in [0.717, 1.165) is 6.42 Å². The van der Waals surface area contributed by atoms with Crippen LogP contribution in [0.15, 0.2) is 42.9 Å². The molecule has 1 amide bonds. The van der Waals surface area contributed by atoms with E-state index >= 15 is 0 Å². The molecule has 2 aromatic rings. The smallest absolute Gasteiger partial charge is 0.254 e. The summed E-state index contributed by atoms with van der Waals surface area (Å²) >= 11 is 0. The van der Waals surface area contributed by atoms with Gasteiger partial charge in [0.15, 0.2) is 0 Å². The van der Waals surface area contributed by atoms with E-state index in [9.17, 15) is 4.79 Å². The van der Waals surface area contributed by atoms with Crippen LogP contribution in [0.3, 0.4) is 0 Å². The summed E-state index contributed by atoms with van der Waals surface area (Å²) in [5.41, 5.74) is 0.627. The van der Waals surface area contributed by atoms with Gasteiger partial charge in [-0.15, -0.1) is 0 Å².